The monoisotopic (exact) mass is 319 g/mol. The fourth-order valence-corrected chi connectivity index (χ4v) is 4.18. The summed E-state index contributed by atoms with van der Waals surface area (Å²) in [6, 6.07) is 2.41. The van der Waals surface area contributed by atoms with E-state index in [1.165, 1.54) is 12.8 Å². The summed E-state index contributed by atoms with van der Waals surface area (Å²) in [7, 11) is 1.96. The van der Waals surface area contributed by atoms with Gasteiger partial charge < -0.3 is 10.2 Å². The highest BCUT2D eigenvalue weighted by atomic mass is 16.2. The topological polar surface area (TPSA) is 53.4 Å². The maximum absolute atomic E-state index is 13.3. The average molecular weight is 319 g/mol. The Kier molecular flexibility index (Phi) is 5.02. The van der Waals surface area contributed by atoms with Gasteiger partial charge in [0.25, 0.3) is 0 Å². The van der Waals surface area contributed by atoms with Crippen LogP contribution in [-0.4, -0.2) is 71.3 Å². The Bertz CT molecular complexity index is 509. The molecule has 0 bridgehead atoms. The third kappa shape index (κ3) is 3.15. The maximum Gasteiger partial charge on any atom is 0.250 e. The summed E-state index contributed by atoms with van der Waals surface area (Å²) < 4.78 is 1.89. The molecule has 3 heterocycles. The number of likely N-dealkylation sites (tertiary alicyclic amines) is 1. The largest absolute Gasteiger partial charge is 0.342 e. The van der Waals surface area contributed by atoms with Gasteiger partial charge in [-0.1, -0.05) is 6.92 Å². The van der Waals surface area contributed by atoms with Crippen molar-refractivity contribution in [3.63, 3.8) is 0 Å². The minimum absolute atomic E-state index is 0.214. The van der Waals surface area contributed by atoms with Crippen molar-refractivity contribution < 1.29 is 4.79 Å². The zero-order chi connectivity index (χ0) is 16.3. The molecule has 1 atom stereocenters. The number of hydrogen-bond donors (Lipinski definition) is 1. The van der Waals surface area contributed by atoms with E-state index in [2.05, 4.69) is 22.2 Å². The normalized spacial score (nSPS) is 24.7. The van der Waals surface area contributed by atoms with Gasteiger partial charge in [-0.3, -0.25) is 14.4 Å². The molecule has 6 nitrogen and oxygen atoms in total. The Hall–Kier alpha value is -1.40. The number of amides is 1. The molecule has 0 spiro atoms. The van der Waals surface area contributed by atoms with Crippen LogP contribution in [0.5, 0.6) is 0 Å². The van der Waals surface area contributed by atoms with E-state index in [9.17, 15) is 4.79 Å². The molecule has 1 N–H and O–H groups in total. The van der Waals surface area contributed by atoms with Gasteiger partial charge in [0, 0.05) is 32.0 Å². The van der Waals surface area contributed by atoms with E-state index in [-0.39, 0.29) is 5.91 Å². The quantitative estimate of drug-likeness (QED) is 0.876. The van der Waals surface area contributed by atoms with Crippen LogP contribution in [0.25, 0.3) is 0 Å². The highest BCUT2D eigenvalue weighted by Gasteiger charge is 2.44. The van der Waals surface area contributed by atoms with E-state index in [0.29, 0.717) is 6.04 Å². The second-order valence-electron chi connectivity index (χ2n) is 6.84. The van der Waals surface area contributed by atoms with Crippen LogP contribution >= 0.6 is 0 Å². The van der Waals surface area contributed by atoms with Gasteiger partial charge in [0.15, 0.2) is 0 Å². The van der Waals surface area contributed by atoms with Crippen LogP contribution in [0, 0.1) is 0 Å². The van der Waals surface area contributed by atoms with Gasteiger partial charge in [0.1, 0.15) is 5.54 Å². The molecular weight excluding hydrogens is 290 g/mol. The number of aromatic nitrogens is 2. The molecule has 0 aromatic carbocycles. The standard InChI is InChI=1S/C17H29N5O/c1-3-21-12-4-6-15(21)14-20(2)16(23)17(7-10-18-11-8-17)22-13-5-9-19-22/h5,9,13,15,18H,3-4,6-8,10-12,14H2,1-2H3. The van der Waals surface area contributed by atoms with Crippen LogP contribution in [0.4, 0.5) is 0 Å². The number of hydrogen-bond acceptors (Lipinski definition) is 4. The third-order valence-electron chi connectivity index (χ3n) is 5.51. The van der Waals surface area contributed by atoms with Crippen molar-refractivity contribution >= 4 is 5.91 Å². The van der Waals surface area contributed by atoms with Gasteiger partial charge in [-0.05, 0) is 57.9 Å². The molecule has 23 heavy (non-hydrogen) atoms. The lowest BCUT2D eigenvalue weighted by Crippen LogP contribution is -2.56. The number of nitrogens with one attached hydrogen (secondary N) is 1. The van der Waals surface area contributed by atoms with Gasteiger partial charge in [-0.15, -0.1) is 0 Å². The van der Waals surface area contributed by atoms with E-state index < -0.39 is 5.54 Å². The first-order valence-electron chi connectivity index (χ1n) is 8.88. The molecule has 2 fully saturated rings. The third-order valence-corrected chi connectivity index (χ3v) is 5.51. The minimum atomic E-state index is -0.515. The van der Waals surface area contributed by atoms with E-state index in [0.717, 1.165) is 45.6 Å². The predicted octanol–water partition coefficient (Wildman–Crippen LogP) is 0.905. The Morgan fingerprint density at radius 1 is 1.43 bits per heavy atom. The molecule has 2 aliphatic rings. The van der Waals surface area contributed by atoms with Crippen molar-refractivity contribution in [1.29, 1.82) is 0 Å². The second kappa shape index (κ2) is 7.01. The number of nitrogens with zero attached hydrogens (tertiary/aromatic N) is 4. The molecule has 128 valence electrons. The summed E-state index contributed by atoms with van der Waals surface area (Å²) >= 11 is 0. The number of carbonyl (C=O) groups is 1. The zero-order valence-electron chi connectivity index (χ0n) is 14.4. The van der Waals surface area contributed by atoms with Crippen molar-refractivity contribution in [2.45, 2.75) is 44.2 Å². The van der Waals surface area contributed by atoms with E-state index >= 15 is 0 Å². The molecule has 0 aliphatic carbocycles. The predicted molar refractivity (Wildman–Crippen MR) is 90.2 cm³/mol. The van der Waals surface area contributed by atoms with Crippen LogP contribution in [0.2, 0.25) is 0 Å². The second-order valence-corrected chi connectivity index (χ2v) is 6.84. The number of likely N-dealkylation sites (N-methyl/N-ethyl adjacent to an activating group) is 2. The summed E-state index contributed by atoms with van der Waals surface area (Å²) in [5.74, 6) is 0.214. The average Bonchev–Trinajstić information content (AvgIpc) is 3.26. The Morgan fingerprint density at radius 2 is 2.22 bits per heavy atom. The first-order valence-corrected chi connectivity index (χ1v) is 8.88. The van der Waals surface area contributed by atoms with E-state index in [4.69, 9.17) is 0 Å². The molecular formula is C17H29N5O. The molecule has 3 rings (SSSR count). The molecule has 6 heteroatoms. The Morgan fingerprint density at radius 3 is 2.87 bits per heavy atom. The van der Waals surface area contributed by atoms with Crippen molar-refractivity contribution in [2.24, 2.45) is 0 Å². The van der Waals surface area contributed by atoms with Crippen molar-refractivity contribution in [3.8, 4) is 0 Å². The molecule has 2 aliphatic heterocycles. The lowest BCUT2D eigenvalue weighted by molar-refractivity contribution is -0.142. The Labute approximate surface area is 138 Å². The number of carbonyl (C=O) groups excluding carboxylic acids is 1. The van der Waals surface area contributed by atoms with E-state index in [1.807, 2.05) is 28.9 Å². The van der Waals surface area contributed by atoms with Gasteiger partial charge in [-0.2, -0.15) is 5.10 Å². The highest BCUT2D eigenvalue weighted by Crippen LogP contribution is 2.29. The molecule has 1 unspecified atom stereocenters. The lowest BCUT2D eigenvalue weighted by Gasteiger charge is -2.40. The SMILES string of the molecule is CCN1CCCC1CN(C)C(=O)C1(n2cccn2)CCNCC1. The summed E-state index contributed by atoms with van der Waals surface area (Å²) in [5.41, 5.74) is -0.515. The molecule has 1 aromatic heterocycles. The maximum atomic E-state index is 13.3. The van der Waals surface area contributed by atoms with Crippen LogP contribution < -0.4 is 5.32 Å². The number of piperidine rings is 1. The summed E-state index contributed by atoms with van der Waals surface area (Å²) in [6.45, 7) is 6.99. The molecule has 2 saturated heterocycles. The van der Waals surface area contributed by atoms with Gasteiger partial charge in [0.2, 0.25) is 5.91 Å². The summed E-state index contributed by atoms with van der Waals surface area (Å²) in [4.78, 5) is 17.8. The fraction of sp³-hybridized carbons (Fsp3) is 0.765. The Balaban J connectivity index is 1.75. The minimum Gasteiger partial charge on any atom is -0.342 e. The molecule has 0 radical (unpaired) electrons. The fourth-order valence-electron chi connectivity index (χ4n) is 4.18. The van der Waals surface area contributed by atoms with E-state index in [1.54, 1.807) is 6.20 Å². The number of rotatable bonds is 5. The summed E-state index contributed by atoms with van der Waals surface area (Å²) in [6.07, 6.45) is 7.76. The zero-order valence-corrected chi connectivity index (χ0v) is 14.4. The molecule has 1 aromatic rings. The summed E-state index contributed by atoms with van der Waals surface area (Å²) in [5, 5.41) is 7.77. The first kappa shape index (κ1) is 16.5. The van der Waals surface area contributed by atoms with Crippen LogP contribution in [-0.2, 0) is 10.3 Å². The lowest BCUT2D eigenvalue weighted by atomic mass is 9.86. The smallest absolute Gasteiger partial charge is 0.250 e. The van der Waals surface area contributed by atoms with Crippen LogP contribution in [0.15, 0.2) is 18.5 Å². The van der Waals surface area contributed by atoms with Gasteiger partial charge in [-0.25, -0.2) is 0 Å². The van der Waals surface area contributed by atoms with Gasteiger partial charge >= 0.3 is 0 Å². The van der Waals surface area contributed by atoms with Gasteiger partial charge in [0.05, 0.1) is 0 Å². The molecule has 1 amide bonds. The molecule has 0 saturated carbocycles. The highest BCUT2D eigenvalue weighted by molar-refractivity contribution is 5.84. The van der Waals surface area contributed by atoms with Crippen LogP contribution in [0.1, 0.15) is 32.6 Å². The van der Waals surface area contributed by atoms with Crippen LogP contribution in [0.3, 0.4) is 0 Å². The van der Waals surface area contributed by atoms with Crippen molar-refractivity contribution in [2.75, 3.05) is 39.8 Å². The first-order chi connectivity index (χ1) is 11.2. The van der Waals surface area contributed by atoms with Crippen molar-refractivity contribution in [1.82, 2.24) is 24.9 Å². The van der Waals surface area contributed by atoms with Crippen molar-refractivity contribution in [3.05, 3.63) is 18.5 Å².